The molecule has 0 aliphatic carbocycles. The van der Waals surface area contributed by atoms with Crippen LogP contribution in [0, 0.1) is 6.85 Å². The molecule has 0 bridgehead atoms. The second-order valence-corrected chi connectivity index (χ2v) is 6.27. The van der Waals surface area contributed by atoms with E-state index in [1.165, 1.54) is 25.3 Å². The van der Waals surface area contributed by atoms with Crippen LogP contribution in [-0.4, -0.2) is 13.4 Å². The first kappa shape index (κ1) is 16.6. The largest absolute Gasteiger partial charge is 0.496 e. The standard InChI is InChI=1S/C24H19F3O2/c1-16-17(9-6-10-21(16)18-7-4-3-5-8-18)11-12-19-14-23(29-2)20(15-28)13-22(19)24(25,26)27/h3-15H,1-2H3/b12-11+/i1D3. The van der Waals surface area contributed by atoms with Gasteiger partial charge in [-0.3, -0.25) is 4.79 Å². The van der Waals surface area contributed by atoms with Crippen molar-refractivity contribution < 1.29 is 26.8 Å². The van der Waals surface area contributed by atoms with Crippen LogP contribution in [0.25, 0.3) is 23.3 Å². The van der Waals surface area contributed by atoms with Gasteiger partial charge in [0.05, 0.1) is 18.2 Å². The van der Waals surface area contributed by atoms with Gasteiger partial charge in [0.1, 0.15) is 5.75 Å². The van der Waals surface area contributed by atoms with E-state index >= 15 is 0 Å². The van der Waals surface area contributed by atoms with Crippen molar-refractivity contribution in [2.75, 3.05) is 7.11 Å². The van der Waals surface area contributed by atoms with Gasteiger partial charge in [0, 0.05) is 4.11 Å². The SMILES string of the molecule is [2H]C([2H])([2H])c1c(/C=C/c2cc(OC)c(C=O)cc2C(F)(F)F)cccc1-c1ccccc1. The third kappa shape index (κ3) is 4.40. The molecule has 0 aromatic heterocycles. The molecule has 148 valence electrons. The van der Waals surface area contributed by atoms with E-state index in [4.69, 9.17) is 8.85 Å². The summed E-state index contributed by atoms with van der Waals surface area (Å²) in [5.74, 6) is -0.0123. The van der Waals surface area contributed by atoms with Crippen LogP contribution in [-0.2, 0) is 6.18 Å². The number of carbonyl (C=O) groups is 1. The molecule has 0 amide bonds. The quantitative estimate of drug-likeness (QED) is 0.354. The Morgan fingerprint density at radius 1 is 0.931 bits per heavy atom. The molecular weight excluding hydrogens is 377 g/mol. The molecule has 0 N–H and O–H groups in total. The van der Waals surface area contributed by atoms with Crippen LogP contribution in [0.5, 0.6) is 5.75 Å². The van der Waals surface area contributed by atoms with Gasteiger partial charge in [0.2, 0.25) is 0 Å². The Labute approximate surface area is 171 Å². The predicted molar refractivity (Wildman–Crippen MR) is 109 cm³/mol. The number of carbonyl (C=O) groups excluding carboxylic acids is 1. The number of hydrogen-bond donors (Lipinski definition) is 0. The lowest BCUT2D eigenvalue weighted by Gasteiger charge is -2.14. The molecule has 2 nitrogen and oxygen atoms in total. The third-order valence-corrected chi connectivity index (χ3v) is 4.46. The van der Waals surface area contributed by atoms with Gasteiger partial charge in [-0.1, -0.05) is 60.7 Å². The minimum absolute atomic E-state index is 0.0123. The van der Waals surface area contributed by atoms with Crippen molar-refractivity contribution in [2.45, 2.75) is 13.0 Å². The van der Waals surface area contributed by atoms with Gasteiger partial charge in [0.25, 0.3) is 0 Å². The number of hydrogen-bond acceptors (Lipinski definition) is 2. The molecule has 0 radical (unpaired) electrons. The van der Waals surface area contributed by atoms with Gasteiger partial charge in [-0.15, -0.1) is 0 Å². The number of ether oxygens (including phenoxy) is 1. The van der Waals surface area contributed by atoms with Crippen LogP contribution in [0.2, 0.25) is 0 Å². The first-order valence-corrected chi connectivity index (χ1v) is 8.67. The highest BCUT2D eigenvalue weighted by molar-refractivity contribution is 5.83. The Morgan fingerprint density at radius 2 is 1.66 bits per heavy atom. The first-order chi connectivity index (χ1) is 15.1. The Kier molecular flexibility index (Phi) is 4.78. The van der Waals surface area contributed by atoms with Crippen LogP contribution in [0.1, 0.15) is 36.7 Å². The molecular formula is C24H19F3O2. The van der Waals surface area contributed by atoms with Crippen molar-refractivity contribution >= 4 is 18.4 Å². The molecule has 0 unspecified atom stereocenters. The van der Waals surface area contributed by atoms with E-state index in [0.29, 0.717) is 11.1 Å². The highest BCUT2D eigenvalue weighted by Crippen LogP contribution is 2.36. The molecule has 29 heavy (non-hydrogen) atoms. The van der Waals surface area contributed by atoms with Gasteiger partial charge in [-0.05, 0) is 46.8 Å². The van der Waals surface area contributed by atoms with E-state index in [2.05, 4.69) is 0 Å². The summed E-state index contributed by atoms with van der Waals surface area (Å²) in [7, 11) is 1.25. The van der Waals surface area contributed by atoms with Crippen LogP contribution < -0.4 is 4.74 Å². The van der Waals surface area contributed by atoms with Crippen LogP contribution in [0.15, 0.2) is 60.7 Å². The molecule has 3 aromatic carbocycles. The van der Waals surface area contributed by atoms with Crippen molar-refractivity contribution in [1.82, 2.24) is 0 Å². The van der Waals surface area contributed by atoms with Crippen LogP contribution in [0.3, 0.4) is 0 Å². The summed E-state index contributed by atoms with van der Waals surface area (Å²) in [5.41, 5.74) is -0.0518. The van der Waals surface area contributed by atoms with Crippen molar-refractivity contribution in [3.63, 3.8) is 0 Å². The zero-order valence-electron chi connectivity index (χ0n) is 18.5. The summed E-state index contributed by atoms with van der Waals surface area (Å²) >= 11 is 0. The third-order valence-electron chi connectivity index (χ3n) is 4.46. The summed E-state index contributed by atoms with van der Waals surface area (Å²) in [6.07, 6.45) is -1.92. The van der Waals surface area contributed by atoms with Gasteiger partial charge < -0.3 is 4.74 Å². The van der Waals surface area contributed by atoms with Gasteiger partial charge in [-0.2, -0.15) is 13.2 Å². The first-order valence-electron chi connectivity index (χ1n) is 10.2. The van der Waals surface area contributed by atoms with Crippen LogP contribution >= 0.6 is 0 Å². The van der Waals surface area contributed by atoms with Gasteiger partial charge in [-0.25, -0.2) is 0 Å². The molecule has 0 spiro atoms. The highest BCUT2D eigenvalue weighted by Gasteiger charge is 2.34. The summed E-state index contributed by atoms with van der Waals surface area (Å²) in [4.78, 5) is 11.2. The second-order valence-electron chi connectivity index (χ2n) is 6.27. The average Bonchev–Trinajstić information content (AvgIpc) is 2.76. The molecule has 0 heterocycles. The maximum absolute atomic E-state index is 13.6. The van der Waals surface area contributed by atoms with Gasteiger partial charge >= 0.3 is 6.18 Å². The topological polar surface area (TPSA) is 26.3 Å². The molecule has 0 aliphatic heterocycles. The molecule has 3 aromatic rings. The number of rotatable bonds is 5. The monoisotopic (exact) mass is 399 g/mol. The minimum atomic E-state index is -4.72. The fourth-order valence-electron chi connectivity index (χ4n) is 3.01. The summed E-state index contributed by atoms with van der Waals surface area (Å²) in [5, 5.41) is 0. The Bertz CT molecular complexity index is 1150. The Balaban J connectivity index is 2.20. The predicted octanol–water partition coefficient (Wildman–Crippen LogP) is 6.67. The number of methoxy groups -OCH3 is 1. The normalized spacial score (nSPS) is 13.6. The zero-order valence-corrected chi connectivity index (χ0v) is 15.5. The van der Waals surface area contributed by atoms with E-state index in [0.717, 1.165) is 12.1 Å². The maximum Gasteiger partial charge on any atom is 0.417 e. The van der Waals surface area contributed by atoms with Crippen molar-refractivity contribution in [1.29, 1.82) is 0 Å². The van der Waals surface area contributed by atoms with E-state index in [-0.39, 0.29) is 34.3 Å². The Hall–Kier alpha value is -3.34. The highest BCUT2D eigenvalue weighted by atomic mass is 19.4. The average molecular weight is 399 g/mol. The summed E-state index contributed by atoms with van der Waals surface area (Å²) < 4.78 is 69.8. The lowest BCUT2D eigenvalue weighted by molar-refractivity contribution is -0.137. The van der Waals surface area contributed by atoms with E-state index in [1.54, 1.807) is 42.5 Å². The molecule has 0 saturated heterocycles. The molecule has 0 atom stereocenters. The lowest BCUT2D eigenvalue weighted by atomic mass is 9.95. The Morgan fingerprint density at radius 3 is 2.28 bits per heavy atom. The van der Waals surface area contributed by atoms with Crippen LogP contribution in [0.4, 0.5) is 13.2 Å². The van der Waals surface area contributed by atoms with E-state index in [9.17, 15) is 18.0 Å². The molecule has 0 saturated carbocycles. The number of benzene rings is 3. The molecule has 3 rings (SSSR count). The summed E-state index contributed by atoms with van der Waals surface area (Å²) in [6, 6.07) is 15.6. The molecule has 5 heteroatoms. The molecule has 0 fully saturated rings. The van der Waals surface area contributed by atoms with E-state index < -0.39 is 18.6 Å². The maximum atomic E-state index is 13.6. The van der Waals surface area contributed by atoms with Gasteiger partial charge in [0.15, 0.2) is 6.29 Å². The van der Waals surface area contributed by atoms with E-state index in [1.807, 2.05) is 0 Å². The summed E-state index contributed by atoms with van der Waals surface area (Å²) in [6.45, 7) is -2.50. The minimum Gasteiger partial charge on any atom is -0.496 e. The lowest BCUT2D eigenvalue weighted by Crippen LogP contribution is -2.09. The number of halogens is 3. The van der Waals surface area contributed by atoms with Crippen molar-refractivity contribution in [3.8, 4) is 16.9 Å². The fraction of sp³-hybridized carbons (Fsp3) is 0.125. The number of aldehydes is 1. The molecule has 0 aliphatic rings. The fourth-order valence-corrected chi connectivity index (χ4v) is 3.01. The van der Waals surface area contributed by atoms with Crippen molar-refractivity contribution in [3.05, 3.63) is 88.5 Å². The second kappa shape index (κ2) is 8.35. The smallest absolute Gasteiger partial charge is 0.417 e. The zero-order chi connectivity index (χ0) is 23.5. The van der Waals surface area contributed by atoms with Crippen molar-refractivity contribution in [2.24, 2.45) is 0 Å². The number of alkyl halides is 3.